The summed E-state index contributed by atoms with van der Waals surface area (Å²) in [6.07, 6.45) is -3.35. The van der Waals surface area contributed by atoms with Crippen LogP contribution in [0, 0.1) is 10.1 Å². The van der Waals surface area contributed by atoms with Gasteiger partial charge in [0.15, 0.2) is 0 Å². The van der Waals surface area contributed by atoms with Crippen LogP contribution in [0.15, 0.2) is 18.2 Å². The zero-order valence-corrected chi connectivity index (χ0v) is 11.0. The van der Waals surface area contributed by atoms with E-state index >= 15 is 0 Å². The highest BCUT2D eigenvalue weighted by atomic mass is 19.4. The molecule has 21 heavy (non-hydrogen) atoms. The van der Waals surface area contributed by atoms with E-state index in [0.717, 1.165) is 6.07 Å². The van der Waals surface area contributed by atoms with Crippen LogP contribution in [0.2, 0.25) is 0 Å². The summed E-state index contributed by atoms with van der Waals surface area (Å²) in [6.45, 7) is 0. The lowest BCUT2D eigenvalue weighted by atomic mass is 9.95. The molecule has 0 heterocycles. The molecule has 0 aromatic heterocycles. The lowest BCUT2D eigenvalue weighted by molar-refractivity contribution is -0.388. The number of nitro groups is 1. The van der Waals surface area contributed by atoms with Gasteiger partial charge in [0.2, 0.25) is 0 Å². The van der Waals surface area contributed by atoms with Crippen molar-refractivity contribution in [3.05, 3.63) is 33.9 Å². The van der Waals surface area contributed by atoms with Crippen LogP contribution in [0.1, 0.15) is 31.2 Å². The standard InChI is InChI=1S/C13H14F3NO4/c14-13(15,16)11-7-10(5-6-12(11)17(19)20)21-9-3-1-8(18)2-4-9/h5-9,18H,1-4H2. The molecule has 0 saturated heterocycles. The molecule has 1 aromatic rings. The van der Waals surface area contributed by atoms with E-state index in [1.165, 1.54) is 6.07 Å². The lowest BCUT2D eigenvalue weighted by Crippen LogP contribution is -2.26. The molecule has 8 heteroatoms. The fourth-order valence-corrected chi connectivity index (χ4v) is 2.33. The fraction of sp³-hybridized carbons (Fsp3) is 0.538. The number of aliphatic hydroxyl groups is 1. The average Bonchev–Trinajstić information content (AvgIpc) is 2.40. The van der Waals surface area contributed by atoms with Gasteiger partial charge in [-0.25, -0.2) is 0 Å². The molecule has 2 rings (SSSR count). The molecule has 0 spiro atoms. The summed E-state index contributed by atoms with van der Waals surface area (Å²) in [6, 6.07) is 2.62. The van der Waals surface area contributed by atoms with Gasteiger partial charge in [-0.2, -0.15) is 13.2 Å². The van der Waals surface area contributed by atoms with Crippen molar-refractivity contribution in [3.63, 3.8) is 0 Å². The predicted octanol–water partition coefficient (Wildman–Crippen LogP) is 3.30. The molecule has 0 bridgehead atoms. The van der Waals surface area contributed by atoms with Gasteiger partial charge in [0.25, 0.3) is 5.69 Å². The van der Waals surface area contributed by atoms with Crippen molar-refractivity contribution >= 4 is 5.69 Å². The first-order valence-corrected chi connectivity index (χ1v) is 6.47. The highest BCUT2D eigenvalue weighted by Gasteiger charge is 2.38. The molecular formula is C13H14F3NO4. The minimum absolute atomic E-state index is 0.0469. The summed E-state index contributed by atoms with van der Waals surface area (Å²) in [5.41, 5.74) is -2.31. The second-order valence-corrected chi connectivity index (χ2v) is 4.98. The van der Waals surface area contributed by atoms with Gasteiger partial charge in [-0.1, -0.05) is 0 Å². The molecule has 5 nitrogen and oxygen atoms in total. The van der Waals surface area contributed by atoms with E-state index in [1.807, 2.05) is 0 Å². The van der Waals surface area contributed by atoms with Gasteiger partial charge < -0.3 is 9.84 Å². The number of alkyl halides is 3. The molecular weight excluding hydrogens is 291 g/mol. The molecule has 0 amide bonds. The maximum absolute atomic E-state index is 12.8. The molecule has 1 aromatic carbocycles. The molecule has 116 valence electrons. The number of nitrogens with zero attached hydrogens (tertiary/aromatic N) is 1. The molecule has 1 fully saturated rings. The molecule has 1 saturated carbocycles. The Morgan fingerprint density at radius 3 is 2.38 bits per heavy atom. The predicted molar refractivity (Wildman–Crippen MR) is 67.0 cm³/mol. The number of aliphatic hydroxyl groups excluding tert-OH is 1. The second-order valence-electron chi connectivity index (χ2n) is 4.98. The van der Waals surface area contributed by atoms with Gasteiger partial charge in [-0.3, -0.25) is 10.1 Å². The molecule has 0 radical (unpaired) electrons. The number of hydrogen-bond donors (Lipinski definition) is 1. The second kappa shape index (κ2) is 5.88. The molecule has 1 aliphatic carbocycles. The lowest BCUT2D eigenvalue weighted by Gasteiger charge is -2.26. The summed E-state index contributed by atoms with van der Waals surface area (Å²) in [7, 11) is 0. The number of halogens is 3. The third-order valence-corrected chi connectivity index (χ3v) is 3.42. The Kier molecular flexibility index (Phi) is 4.36. The fourth-order valence-electron chi connectivity index (χ4n) is 2.33. The van der Waals surface area contributed by atoms with Crippen molar-refractivity contribution in [2.45, 2.75) is 44.1 Å². The molecule has 0 unspecified atom stereocenters. The number of hydrogen-bond acceptors (Lipinski definition) is 4. The van der Waals surface area contributed by atoms with E-state index in [-0.39, 0.29) is 11.9 Å². The summed E-state index contributed by atoms with van der Waals surface area (Å²) in [5.74, 6) is -0.0469. The van der Waals surface area contributed by atoms with Gasteiger partial charge >= 0.3 is 6.18 Å². The van der Waals surface area contributed by atoms with E-state index in [1.54, 1.807) is 0 Å². The summed E-state index contributed by atoms with van der Waals surface area (Å²) in [4.78, 5) is 9.58. The zero-order valence-electron chi connectivity index (χ0n) is 11.0. The normalized spacial score (nSPS) is 22.9. The van der Waals surface area contributed by atoms with Crippen LogP contribution in [0.3, 0.4) is 0 Å². The Labute approximate surface area is 118 Å². The van der Waals surface area contributed by atoms with Gasteiger partial charge in [0, 0.05) is 6.07 Å². The molecule has 1 N–H and O–H groups in total. The van der Waals surface area contributed by atoms with Crippen LogP contribution < -0.4 is 4.74 Å². The Hall–Kier alpha value is -1.83. The number of ether oxygens (including phenoxy) is 1. The highest BCUT2D eigenvalue weighted by molar-refractivity contribution is 5.47. The Bertz CT molecular complexity index is 525. The van der Waals surface area contributed by atoms with Crippen LogP contribution in [0.4, 0.5) is 18.9 Å². The Morgan fingerprint density at radius 1 is 1.24 bits per heavy atom. The summed E-state index contributed by atoms with van der Waals surface area (Å²) < 4.78 is 43.9. The quantitative estimate of drug-likeness (QED) is 0.687. The van der Waals surface area contributed by atoms with Gasteiger partial charge in [0.1, 0.15) is 11.3 Å². The summed E-state index contributed by atoms with van der Waals surface area (Å²) in [5, 5.41) is 20.0. The number of nitro benzene ring substituents is 1. The third-order valence-electron chi connectivity index (χ3n) is 3.42. The van der Waals surface area contributed by atoms with Crippen LogP contribution >= 0.6 is 0 Å². The average molecular weight is 305 g/mol. The largest absolute Gasteiger partial charge is 0.490 e. The van der Waals surface area contributed by atoms with Crippen LogP contribution in [-0.4, -0.2) is 22.2 Å². The first kappa shape index (κ1) is 15.6. The van der Waals surface area contributed by atoms with Gasteiger partial charge in [0.05, 0.1) is 17.1 Å². The van der Waals surface area contributed by atoms with Crippen LogP contribution in [0.5, 0.6) is 5.75 Å². The van der Waals surface area contributed by atoms with E-state index in [9.17, 15) is 28.4 Å². The van der Waals surface area contributed by atoms with Gasteiger partial charge in [-0.05, 0) is 37.8 Å². The Morgan fingerprint density at radius 2 is 1.86 bits per heavy atom. The number of benzene rings is 1. The third kappa shape index (κ3) is 3.84. The van der Waals surface area contributed by atoms with Crippen molar-refractivity contribution < 1.29 is 27.9 Å². The van der Waals surface area contributed by atoms with Crippen molar-refractivity contribution in [1.82, 2.24) is 0 Å². The topological polar surface area (TPSA) is 72.6 Å². The van der Waals surface area contributed by atoms with E-state index in [0.29, 0.717) is 31.7 Å². The van der Waals surface area contributed by atoms with Crippen molar-refractivity contribution in [2.24, 2.45) is 0 Å². The van der Waals surface area contributed by atoms with Gasteiger partial charge in [-0.15, -0.1) is 0 Å². The van der Waals surface area contributed by atoms with Crippen molar-refractivity contribution in [3.8, 4) is 5.75 Å². The first-order chi connectivity index (χ1) is 9.77. The smallest absolute Gasteiger partial charge is 0.423 e. The van der Waals surface area contributed by atoms with E-state index in [4.69, 9.17) is 4.74 Å². The zero-order chi connectivity index (χ0) is 15.6. The molecule has 1 aliphatic rings. The SMILES string of the molecule is O=[N+]([O-])c1ccc(OC2CCC(O)CC2)cc1C(F)(F)F. The summed E-state index contributed by atoms with van der Waals surface area (Å²) >= 11 is 0. The highest BCUT2D eigenvalue weighted by Crippen LogP contribution is 2.38. The van der Waals surface area contributed by atoms with Crippen molar-refractivity contribution in [1.29, 1.82) is 0 Å². The Balaban J connectivity index is 2.20. The van der Waals surface area contributed by atoms with E-state index in [2.05, 4.69) is 0 Å². The van der Waals surface area contributed by atoms with Crippen LogP contribution in [0.25, 0.3) is 0 Å². The minimum Gasteiger partial charge on any atom is -0.490 e. The maximum Gasteiger partial charge on any atom is 0.423 e. The van der Waals surface area contributed by atoms with Crippen molar-refractivity contribution in [2.75, 3.05) is 0 Å². The monoisotopic (exact) mass is 305 g/mol. The molecule has 0 aliphatic heterocycles. The maximum atomic E-state index is 12.8. The minimum atomic E-state index is -4.81. The van der Waals surface area contributed by atoms with Crippen LogP contribution in [-0.2, 0) is 6.18 Å². The van der Waals surface area contributed by atoms with E-state index < -0.39 is 28.5 Å². The first-order valence-electron chi connectivity index (χ1n) is 6.47. The number of rotatable bonds is 3. The molecule has 0 atom stereocenters.